The predicted molar refractivity (Wildman–Crippen MR) is 99.7 cm³/mol. The van der Waals surface area contributed by atoms with Crippen LogP contribution in [-0.2, 0) is 0 Å². The van der Waals surface area contributed by atoms with Crippen molar-refractivity contribution in [3.63, 3.8) is 0 Å². The van der Waals surface area contributed by atoms with E-state index in [1.165, 1.54) is 22.4 Å². The Balaban J connectivity index is 1.72. The minimum atomic E-state index is 0.203. The minimum absolute atomic E-state index is 0.203. The summed E-state index contributed by atoms with van der Waals surface area (Å²) in [5.74, 6) is 2.02. The number of allylic oxidation sites excluding steroid dienone is 2. The molecule has 0 saturated carbocycles. The van der Waals surface area contributed by atoms with Crippen molar-refractivity contribution in [2.75, 3.05) is 5.32 Å². The Morgan fingerprint density at radius 1 is 1.12 bits per heavy atom. The summed E-state index contributed by atoms with van der Waals surface area (Å²) in [6, 6.07) is 15.8. The van der Waals surface area contributed by atoms with Crippen molar-refractivity contribution in [3.05, 3.63) is 71.3 Å². The third kappa shape index (κ3) is 2.71. The molecule has 0 amide bonds. The Morgan fingerprint density at radius 3 is 2.79 bits per heavy atom. The Hall–Kier alpha value is -2.22. The molecule has 2 aromatic rings. The second kappa shape index (κ2) is 6.01. The number of rotatable bonds is 3. The summed E-state index contributed by atoms with van der Waals surface area (Å²) >= 11 is 0. The van der Waals surface area contributed by atoms with Gasteiger partial charge in [0.25, 0.3) is 0 Å². The second-order valence-electron chi connectivity index (χ2n) is 7.31. The molecule has 124 valence electrons. The normalized spacial score (nSPS) is 24.4. The topological polar surface area (TPSA) is 21.3 Å². The average molecular weight is 319 g/mol. The van der Waals surface area contributed by atoms with Gasteiger partial charge >= 0.3 is 0 Å². The van der Waals surface area contributed by atoms with Crippen LogP contribution in [-0.4, -0.2) is 6.10 Å². The average Bonchev–Trinajstić information content (AvgIpc) is 3.03. The lowest BCUT2D eigenvalue weighted by Gasteiger charge is -2.38. The van der Waals surface area contributed by atoms with Crippen LogP contribution in [0.15, 0.2) is 54.6 Å². The highest BCUT2D eigenvalue weighted by atomic mass is 16.5. The summed E-state index contributed by atoms with van der Waals surface area (Å²) in [4.78, 5) is 0. The van der Waals surface area contributed by atoms with Gasteiger partial charge in [-0.25, -0.2) is 0 Å². The number of ether oxygens (including phenoxy) is 1. The Labute approximate surface area is 144 Å². The highest BCUT2D eigenvalue weighted by molar-refractivity contribution is 5.61. The van der Waals surface area contributed by atoms with E-state index in [-0.39, 0.29) is 6.10 Å². The van der Waals surface area contributed by atoms with Crippen molar-refractivity contribution in [1.82, 2.24) is 0 Å². The van der Waals surface area contributed by atoms with Crippen LogP contribution in [0.25, 0.3) is 0 Å². The summed E-state index contributed by atoms with van der Waals surface area (Å²) in [5.41, 5.74) is 5.33. The molecule has 0 spiro atoms. The zero-order chi connectivity index (χ0) is 16.7. The fourth-order valence-electron chi connectivity index (χ4n) is 4.11. The monoisotopic (exact) mass is 319 g/mol. The molecule has 0 fully saturated rings. The molecule has 1 heterocycles. The lowest BCUT2D eigenvalue weighted by molar-refractivity contribution is 0.242. The molecule has 3 unspecified atom stereocenters. The van der Waals surface area contributed by atoms with Gasteiger partial charge in [0.15, 0.2) is 0 Å². The third-order valence-electron chi connectivity index (χ3n) is 5.11. The van der Waals surface area contributed by atoms with E-state index in [4.69, 9.17) is 4.74 Å². The van der Waals surface area contributed by atoms with E-state index in [1.807, 2.05) is 0 Å². The largest absolute Gasteiger partial charge is 0.491 e. The van der Waals surface area contributed by atoms with Gasteiger partial charge in [0.1, 0.15) is 5.75 Å². The summed E-state index contributed by atoms with van der Waals surface area (Å²) in [6.45, 7) is 6.31. The first-order chi connectivity index (χ1) is 11.6. The van der Waals surface area contributed by atoms with E-state index in [2.05, 4.69) is 80.7 Å². The fraction of sp³-hybridized carbons (Fsp3) is 0.364. The first kappa shape index (κ1) is 15.3. The van der Waals surface area contributed by atoms with Crippen molar-refractivity contribution in [1.29, 1.82) is 0 Å². The zero-order valence-corrected chi connectivity index (χ0v) is 14.6. The minimum Gasteiger partial charge on any atom is -0.491 e. The van der Waals surface area contributed by atoms with Crippen LogP contribution in [0.3, 0.4) is 0 Å². The van der Waals surface area contributed by atoms with Crippen molar-refractivity contribution in [2.45, 2.75) is 45.3 Å². The molecule has 2 nitrogen and oxygen atoms in total. The van der Waals surface area contributed by atoms with Gasteiger partial charge < -0.3 is 10.1 Å². The molecule has 1 N–H and O–H groups in total. The van der Waals surface area contributed by atoms with Crippen molar-refractivity contribution < 1.29 is 4.74 Å². The first-order valence-corrected chi connectivity index (χ1v) is 8.92. The first-order valence-electron chi connectivity index (χ1n) is 8.92. The van der Waals surface area contributed by atoms with Crippen LogP contribution >= 0.6 is 0 Å². The number of hydrogen-bond acceptors (Lipinski definition) is 2. The third-order valence-corrected chi connectivity index (χ3v) is 5.11. The number of hydrogen-bond donors (Lipinski definition) is 1. The number of anilines is 1. The van der Waals surface area contributed by atoms with Gasteiger partial charge in [-0.15, -0.1) is 0 Å². The molecule has 0 aromatic heterocycles. The lowest BCUT2D eigenvalue weighted by Crippen LogP contribution is -2.29. The van der Waals surface area contributed by atoms with Crippen LogP contribution in [0.5, 0.6) is 5.75 Å². The maximum absolute atomic E-state index is 5.90. The van der Waals surface area contributed by atoms with Crippen molar-refractivity contribution in [3.8, 4) is 5.75 Å². The smallest absolute Gasteiger partial charge is 0.120 e. The maximum atomic E-state index is 5.90. The van der Waals surface area contributed by atoms with Crippen LogP contribution in [0.4, 0.5) is 5.69 Å². The summed E-state index contributed by atoms with van der Waals surface area (Å²) in [6.07, 6.45) is 6.05. The van der Waals surface area contributed by atoms with Crippen LogP contribution < -0.4 is 10.1 Å². The number of fused-ring (bicyclic) bond motifs is 3. The summed E-state index contributed by atoms with van der Waals surface area (Å²) < 4.78 is 5.90. The molecule has 4 rings (SSSR count). The quantitative estimate of drug-likeness (QED) is 0.743. The highest BCUT2D eigenvalue weighted by Crippen LogP contribution is 2.50. The van der Waals surface area contributed by atoms with Crippen molar-refractivity contribution >= 4 is 5.69 Å². The number of nitrogens with one attached hydrogen (secondary N) is 1. The SMILES string of the molecule is Cc1cccc(C2Nc3ccc(OC(C)C)cc3C3C=CCC32)c1. The van der Waals surface area contributed by atoms with Gasteiger partial charge in [0.2, 0.25) is 0 Å². The van der Waals surface area contributed by atoms with Gasteiger partial charge in [0.05, 0.1) is 12.1 Å². The second-order valence-corrected chi connectivity index (χ2v) is 7.31. The standard InChI is InChI=1S/C22H25NO/c1-14(2)24-17-10-11-21-20(13-17)18-8-5-9-19(18)22(23-21)16-7-4-6-15(3)12-16/h4-8,10-14,18-19,22-23H,9H2,1-3H3. The van der Waals surface area contributed by atoms with Gasteiger partial charge in [-0.3, -0.25) is 0 Å². The van der Waals surface area contributed by atoms with Gasteiger partial charge in [0, 0.05) is 11.6 Å². The van der Waals surface area contributed by atoms with Crippen LogP contribution in [0, 0.1) is 12.8 Å². The molecule has 3 atom stereocenters. The van der Waals surface area contributed by atoms with E-state index >= 15 is 0 Å². The number of benzene rings is 2. The van der Waals surface area contributed by atoms with E-state index < -0.39 is 0 Å². The maximum Gasteiger partial charge on any atom is 0.120 e. The van der Waals surface area contributed by atoms with Gasteiger partial charge in [-0.05, 0) is 62.4 Å². The van der Waals surface area contributed by atoms with E-state index in [9.17, 15) is 0 Å². The van der Waals surface area contributed by atoms with E-state index in [0.717, 1.165) is 12.2 Å². The molecular weight excluding hydrogens is 294 g/mol. The molecule has 1 aliphatic carbocycles. The molecule has 0 saturated heterocycles. The Morgan fingerprint density at radius 2 is 2.00 bits per heavy atom. The molecule has 0 bridgehead atoms. The van der Waals surface area contributed by atoms with E-state index in [1.54, 1.807) is 0 Å². The molecule has 1 aliphatic heterocycles. The summed E-state index contributed by atoms with van der Waals surface area (Å²) in [5, 5.41) is 3.80. The van der Waals surface area contributed by atoms with Gasteiger partial charge in [-0.2, -0.15) is 0 Å². The molecular formula is C22H25NO. The van der Waals surface area contributed by atoms with E-state index in [0.29, 0.717) is 17.9 Å². The molecule has 24 heavy (non-hydrogen) atoms. The molecule has 2 aromatic carbocycles. The highest BCUT2D eigenvalue weighted by Gasteiger charge is 2.38. The Kier molecular flexibility index (Phi) is 3.84. The number of aryl methyl sites for hydroxylation is 1. The summed E-state index contributed by atoms with van der Waals surface area (Å²) in [7, 11) is 0. The van der Waals surface area contributed by atoms with Crippen LogP contribution in [0.2, 0.25) is 0 Å². The molecule has 2 aliphatic rings. The van der Waals surface area contributed by atoms with Crippen LogP contribution in [0.1, 0.15) is 48.9 Å². The van der Waals surface area contributed by atoms with Gasteiger partial charge in [-0.1, -0.05) is 42.0 Å². The molecule has 0 radical (unpaired) electrons. The zero-order valence-electron chi connectivity index (χ0n) is 14.6. The molecule has 2 heteroatoms. The fourth-order valence-corrected chi connectivity index (χ4v) is 4.11. The van der Waals surface area contributed by atoms with Crippen molar-refractivity contribution in [2.24, 2.45) is 5.92 Å². The Bertz CT molecular complexity index is 777. The lowest BCUT2D eigenvalue weighted by atomic mass is 9.77. The predicted octanol–water partition coefficient (Wildman–Crippen LogP) is 5.61.